The van der Waals surface area contributed by atoms with Crippen LogP contribution in [0.2, 0.25) is 0 Å². The normalized spacial score (nSPS) is 18.0. The summed E-state index contributed by atoms with van der Waals surface area (Å²) >= 11 is 0. The van der Waals surface area contributed by atoms with Gasteiger partial charge in [0.2, 0.25) is 23.6 Å². The molecule has 90 heavy (non-hydrogen) atoms. The van der Waals surface area contributed by atoms with E-state index in [9.17, 15) is 38.4 Å². The highest BCUT2D eigenvalue weighted by Gasteiger charge is 2.46. The maximum absolute atomic E-state index is 14.4. The second-order valence-electron chi connectivity index (χ2n) is 25.0. The van der Waals surface area contributed by atoms with Gasteiger partial charge in [-0.2, -0.15) is 0 Å². The van der Waals surface area contributed by atoms with E-state index in [1.165, 1.54) is 24.0 Å². The fraction of sp³-hybridized carbons (Fsp3) is 0.485. The number of nitrogens with two attached hydrogens (primary N) is 2. The number of hydrogen-bond acceptors (Lipinski definition) is 16. The van der Waals surface area contributed by atoms with E-state index < -0.39 is 60.0 Å². The molecule has 4 aromatic carbocycles. The molecule has 2 fully saturated rings. The lowest BCUT2D eigenvalue weighted by molar-refractivity contribution is -0.127. The van der Waals surface area contributed by atoms with Crippen LogP contribution in [0.3, 0.4) is 0 Å². The molecule has 484 valence electrons. The highest BCUT2D eigenvalue weighted by atomic mass is 16.6. The number of benzene rings is 4. The molecular weight excluding hydrogens is 1160 g/mol. The second kappa shape index (κ2) is 29.2. The van der Waals surface area contributed by atoms with Gasteiger partial charge in [0.25, 0.3) is 11.8 Å². The molecule has 8 amide bonds. The van der Waals surface area contributed by atoms with Crippen LogP contribution in [0.15, 0.2) is 84.9 Å². The Labute approximate surface area is 525 Å². The summed E-state index contributed by atoms with van der Waals surface area (Å²) in [7, 11) is 2.96. The van der Waals surface area contributed by atoms with Crippen LogP contribution < -0.4 is 61.5 Å². The lowest BCUT2D eigenvalue weighted by Gasteiger charge is -2.26. The Kier molecular flexibility index (Phi) is 21.7. The average molecular weight is 1240 g/mol. The molecule has 24 nitrogen and oxygen atoms in total. The Morgan fingerprint density at radius 2 is 1.01 bits per heavy atom. The number of nitrogens with zero attached hydrogens (tertiary/aromatic N) is 4. The van der Waals surface area contributed by atoms with Gasteiger partial charge in [-0.05, 0) is 111 Å². The smallest absolute Gasteiger partial charge is 0.414 e. The largest absolute Gasteiger partial charge is 0.493 e. The molecule has 4 aliphatic rings. The van der Waals surface area contributed by atoms with Gasteiger partial charge in [0.15, 0.2) is 23.0 Å². The number of anilines is 4. The molecule has 0 spiro atoms. The van der Waals surface area contributed by atoms with Gasteiger partial charge in [0, 0.05) is 43.1 Å². The first-order valence-electron chi connectivity index (χ1n) is 30.5. The van der Waals surface area contributed by atoms with Crippen LogP contribution in [-0.4, -0.2) is 147 Å². The van der Waals surface area contributed by atoms with Gasteiger partial charge >= 0.3 is 12.2 Å². The number of unbranched alkanes of at least 4 members (excludes halogenated alkanes) is 2. The molecule has 0 radical (unpaired) electrons. The first-order chi connectivity index (χ1) is 42.7. The van der Waals surface area contributed by atoms with Crippen LogP contribution in [0.1, 0.15) is 119 Å². The number of rotatable bonds is 24. The average Bonchev–Trinajstić information content (AvgIpc) is 1.60. The number of methoxy groups -OCH3 is 2. The lowest BCUT2D eigenvalue weighted by atomic mass is 9.90. The Balaban J connectivity index is 0.883. The molecule has 4 heterocycles. The predicted octanol–water partition coefficient (Wildman–Crippen LogP) is 7.51. The van der Waals surface area contributed by atoms with Crippen molar-refractivity contribution in [2.45, 2.75) is 137 Å². The number of hydrogen-bond donors (Lipinski definition) is 6. The zero-order valence-electron chi connectivity index (χ0n) is 53.1. The van der Waals surface area contributed by atoms with E-state index in [1.54, 1.807) is 91.5 Å². The minimum atomic E-state index is -0.840. The van der Waals surface area contributed by atoms with E-state index in [2.05, 4.69) is 41.7 Å². The predicted molar refractivity (Wildman–Crippen MR) is 339 cm³/mol. The quantitative estimate of drug-likeness (QED) is 0.0292. The van der Waals surface area contributed by atoms with E-state index in [0.717, 1.165) is 5.57 Å². The number of nitrogens with one attached hydrogen (secondary N) is 4. The highest BCUT2D eigenvalue weighted by molar-refractivity contribution is 6.07. The van der Waals surface area contributed by atoms with Gasteiger partial charge in [0.1, 0.15) is 25.3 Å². The number of amides is 8. The molecule has 0 aliphatic carbocycles. The van der Waals surface area contributed by atoms with Crippen LogP contribution in [-0.2, 0) is 41.9 Å². The molecule has 0 saturated carbocycles. The third-order valence-corrected chi connectivity index (χ3v) is 16.6. The number of fused-ring (bicyclic) bond motifs is 4. The maximum atomic E-state index is 14.4. The number of carbonyl (C=O) groups is 8. The van der Waals surface area contributed by atoms with Gasteiger partial charge in [0.05, 0.1) is 80.6 Å². The molecule has 8 rings (SSSR count). The van der Waals surface area contributed by atoms with Crippen molar-refractivity contribution in [2.75, 3.05) is 74.0 Å². The first kappa shape index (κ1) is 67.0. The van der Waals surface area contributed by atoms with Crippen molar-refractivity contribution in [3.8, 4) is 23.0 Å². The summed E-state index contributed by atoms with van der Waals surface area (Å²) in [6, 6.07) is 16.1. The minimum absolute atomic E-state index is 0.0998. The van der Waals surface area contributed by atoms with E-state index in [-0.39, 0.29) is 91.8 Å². The summed E-state index contributed by atoms with van der Waals surface area (Å²) < 4.78 is 36.0. The van der Waals surface area contributed by atoms with Crippen LogP contribution >= 0.6 is 0 Å². The molecule has 0 bridgehead atoms. The van der Waals surface area contributed by atoms with Gasteiger partial charge in [-0.3, -0.25) is 38.6 Å². The SMILES string of the molecule is C=C1C[C@H]2CN(C(=O)OCc3ccc(NC(=O)[C@H](C)NC(=O)[C@@H](N)C(C)C)cc3)c3cc(OCCCCCOc4cc5c(cc4OC)C(=O)N4CC(C)(C)C[C@H]4CN5C(=O)OCc4ccc(NC(=O)[C@H](C)NC(=O)[C@@H](N)C(C)C)cc4)c(OC)cc3C(=O)N2C1. The zero-order valence-corrected chi connectivity index (χ0v) is 53.1. The maximum Gasteiger partial charge on any atom is 0.414 e. The third kappa shape index (κ3) is 16.1. The van der Waals surface area contributed by atoms with Gasteiger partial charge in [-0.25, -0.2) is 9.59 Å². The number of carbonyl (C=O) groups excluding carboxylic acids is 8. The van der Waals surface area contributed by atoms with Crippen LogP contribution in [0.5, 0.6) is 23.0 Å². The van der Waals surface area contributed by atoms with E-state index in [4.69, 9.17) is 39.9 Å². The Bertz CT molecular complexity index is 3340. The lowest BCUT2D eigenvalue weighted by Crippen LogP contribution is -2.50. The molecule has 6 atom stereocenters. The Hall–Kier alpha value is -8.90. The van der Waals surface area contributed by atoms with E-state index in [1.807, 2.05) is 32.6 Å². The summed E-state index contributed by atoms with van der Waals surface area (Å²) in [6.07, 6.45) is 1.60. The third-order valence-electron chi connectivity index (χ3n) is 16.6. The molecule has 0 aromatic heterocycles. The molecule has 8 N–H and O–H groups in total. The Morgan fingerprint density at radius 1 is 0.589 bits per heavy atom. The second-order valence-corrected chi connectivity index (χ2v) is 25.0. The summed E-state index contributed by atoms with van der Waals surface area (Å²) in [5.74, 6) is -1.17. The van der Waals surface area contributed by atoms with Crippen molar-refractivity contribution in [1.29, 1.82) is 0 Å². The Morgan fingerprint density at radius 3 is 1.43 bits per heavy atom. The molecular formula is C66H86N10O14. The standard InChI is InChI=1S/C66H86N10O14/c1-37(2)56(67)60(79)69-40(6)58(77)71-44-19-15-42(16-20-44)34-89-64(83)74-32-46-25-39(5)31-73(46)62(81)48-26-52(85-10)54(28-50(48)74)87-23-13-12-14-24-88-55-29-51-49(27-53(55)86-11)63(82)76-36-66(8,9)30-47(76)33-75(51)65(84)90-35-43-17-21-45(22-18-43)72-59(78)41(7)70-61(80)57(68)38(3)4/h15-22,26-29,37-38,40-41,46-47,56-57H,5,12-14,23-25,30-36,67-68H2,1-4,6-11H3,(H,69,79)(H,70,80)(H,71,77)(H,72,78)/t40-,41-,46-,47-,56-,57-/m0/s1. The van der Waals surface area contributed by atoms with Crippen molar-refractivity contribution in [1.82, 2.24) is 20.4 Å². The van der Waals surface area contributed by atoms with Gasteiger partial charge in [-0.15, -0.1) is 0 Å². The van der Waals surface area contributed by atoms with E-state index >= 15 is 0 Å². The van der Waals surface area contributed by atoms with Crippen molar-refractivity contribution in [3.63, 3.8) is 0 Å². The van der Waals surface area contributed by atoms with Crippen LogP contribution in [0.4, 0.5) is 32.3 Å². The molecule has 4 aliphatic heterocycles. The van der Waals surface area contributed by atoms with Crippen LogP contribution in [0, 0.1) is 17.3 Å². The highest BCUT2D eigenvalue weighted by Crippen LogP contribution is 2.44. The fourth-order valence-electron chi connectivity index (χ4n) is 11.2. The molecule has 2 saturated heterocycles. The fourth-order valence-corrected chi connectivity index (χ4v) is 11.2. The molecule has 0 unspecified atom stereocenters. The molecule has 4 aromatic rings. The number of ether oxygens (including phenoxy) is 6. The first-order valence-corrected chi connectivity index (χ1v) is 30.5. The monoisotopic (exact) mass is 1240 g/mol. The van der Waals surface area contributed by atoms with Gasteiger partial charge < -0.3 is 71.0 Å². The van der Waals surface area contributed by atoms with Crippen LogP contribution in [0.25, 0.3) is 0 Å². The van der Waals surface area contributed by atoms with Crippen molar-refractivity contribution in [2.24, 2.45) is 28.7 Å². The van der Waals surface area contributed by atoms with Crippen molar-refractivity contribution < 1.29 is 66.8 Å². The van der Waals surface area contributed by atoms with Gasteiger partial charge in [-0.1, -0.05) is 78.0 Å². The summed E-state index contributed by atoms with van der Waals surface area (Å²) in [4.78, 5) is 114. The summed E-state index contributed by atoms with van der Waals surface area (Å²) in [5.41, 5.74) is 15.9. The van der Waals surface area contributed by atoms with Crippen molar-refractivity contribution in [3.05, 3.63) is 107 Å². The molecule has 24 heteroatoms. The summed E-state index contributed by atoms with van der Waals surface area (Å²) in [5, 5.41) is 10.8. The summed E-state index contributed by atoms with van der Waals surface area (Å²) in [6.45, 7) is 20.1. The topological polar surface area (TPSA) is 305 Å². The minimum Gasteiger partial charge on any atom is -0.493 e. The van der Waals surface area contributed by atoms with E-state index in [0.29, 0.717) is 102 Å². The van der Waals surface area contributed by atoms with Crippen molar-refractivity contribution >= 4 is 70.4 Å². The zero-order chi connectivity index (χ0) is 65.3.